The summed E-state index contributed by atoms with van der Waals surface area (Å²) in [5.74, 6) is -0.694. The number of ether oxygens (including phenoxy) is 1. The molecule has 0 fully saturated rings. The van der Waals surface area contributed by atoms with Gasteiger partial charge >= 0.3 is 0 Å². The van der Waals surface area contributed by atoms with Crippen molar-refractivity contribution in [3.8, 4) is 5.75 Å². The number of carbonyl (C=O) groups excluding carboxylic acids is 2. The monoisotopic (exact) mass is 360 g/mol. The molecule has 2 N–H and O–H groups in total. The van der Waals surface area contributed by atoms with Crippen LogP contribution in [0.25, 0.3) is 6.08 Å². The van der Waals surface area contributed by atoms with Gasteiger partial charge in [-0.1, -0.05) is 30.3 Å². The van der Waals surface area contributed by atoms with Crippen molar-refractivity contribution in [3.05, 3.63) is 66.0 Å². The van der Waals surface area contributed by atoms with Gasteiger partial charge < -0.3 is 4.74 Å². The first kappa shape index (κ1) is 18.5. The molecule has 25 heavy (non-hydrogen) atoms. The highest BCUT2D eigenvalue weighted by atomic mass is 32.2. The fourth-order valence-corrected chi connectivity index (χ4v) is 2.62. The lowest BCUT2D eigenvalue weighted by Gasteiger charge is -2.06. The van der Waals surface area contributed by atoms with E-state index in [1.807, 2.05) is 12.1 Å². The molecule has 0 saturated carbocycles. The summed E-state index contributed by atoms with van der Waals surface area (Å²) >= 11 is 1.05. The summed E-state index contributed by atoms with van der Waals surface area (Å²) in [6.45, 7) is 0. The minimum absolute atomic E-state index is 0.0164. The predicted molar refractivity (Wildman–Crippen MR) is 95.4 cm³/mol. The van der Waals surface area contributed by atoms with Crippen molar-refractivity contribution in [1.82, 2.24) is 10.9 Å². The number of hydrogen-bond donors (Lipinski definition) is 2. The standard InChI is InChI=1S/C18H17FN2O3S/c1-24-15-8-4-2-6-13(15)10-11-17(22)20-21-18(23)12-25-16-9-5-3-7-14(16)19/h2-11H,12H2,1H3,(H,20,22)(H,21,23)/b11-10+. The molecular formula is C18H17FN2O3S. The van der Waals surface area contributed by atoms with Crippen LogP contribution in [0.5, 0.6) is 5.75 Å². The zero-order valence-electron chi connectivity index (χ0n) is 13.5. The fourth-order valence-electron chi connectivity index (χ4n) is 1.88. The van der Waals surface area contributed by atoms with Crippen LogP contribution in [0.2, 0.25) is 0 Å². The van der Waals surface area contributed by atoms with E-state index in [1.54, 1.807) is 43.5 Å². The fraction of sp³-hybridized carbons (Fsp3) is 0.111. The van der Waals surface area contributed by atoms with Crippen LogP contribution in [0.15, 0.2) is 59.5 Å². The van der Waals surface area contributed by atoms with Gasteiger partial charge in [-0.2, -0.15) is 0 Å². The Labute approximate surface area is 149 Å². The van der Waals surface area contributed by atoms with Gasteiger partial charge in [0.15, 0.2) is 0 Å². The molecule has 2 rings (SSSR count). The van der Waals surface area contributed by atoms with Crippen molar-refractivity contribution < 1.29 is 18.7 Å². The van der Waals surface area contributed by atoms with Crippen molar-refractivity contribution in [3.63, 3.8) is 0 Å². The Morgan fingerprint density at radius 2 is 1.84 bits per heavy atom. The van der Waals surface area contributed by atoms with E-state index in [-0.39, 0.29) is 11.6 Å². The van der Waals surface area contributed by atoms with Gasteiger partial charge in [0.25, 0.3) is 5.91 Å². The average Bonchev–Trinajstić information content (AvgIpc) is 2.64. The number of thioether (sulfide) groups is 1. The molecular weight excluding hydrogens is 343 g/mol. The summed E-state index contributed by atoms with van der Waals surface area (Å²) < 4.78 is 18.6. The SMILES string of the molecule is COc1ccccc1/C=C/C(=O)NNC(=O)CSc1ccccc1F. The lowest BCUT2D eigenvalue weighted by Crippen LogP contribution is -2.41. The first-order valence-electron chi connectivity index (χ1n) is 7.37. The van der Waals surface area contributed by atoms with Crippen LogP contribution in [-0.4, -0.2) is 24.7 Å². The molecule has 5 nitrogen and oxygen atoms in total. The molecule has 2 aromatic carbocycles. The van der Waals surface area contributed by atoms with E-state index in [4.69, 9.17) is 4.74 Å². The zero-order valence-corrected chi connectivity index (χ0v) is 14.3. The predicted octanol–water partition coefficient (Wildman–Crippen LogP) is 2.79. The largest absolute Gasteiger partial charge is 0.496 e. The van der Waals surface area contributed by atoms with Crippen LogP contribution in [-0.2, 0) is 9.59 Å². The average molecular weight is 360 g/mol. The molecule has 0 unspecified atom stereocenters. The third kappa shape index (κ3) is 5.96. The van der Waals surface area contributed by atoms with Gasteiger partial charge in [0.05, 0.1) is 12.9 Å². The second-order valence-electron chi connectivity index (χ2n) is 4.83. The zero-order chi connectivity index (χ0) is 18.1. The summed E-state index contributed by atoms with van der Waals surface area (Å²) in [5, 5.41) is 0. The number of hydrogen-bond acceptors (Lipinski definition) is 4. The van der Waals surface area contributed by atoms with E-state index in [2.05, 4.69) is 10.9 Å². The van der Waals surface area contributed by atoms with Crippen molar-refractivity contribution in [2.75, 3.05) is 12.9 Å². The van der Waals surface area contributed by atoms with E-state index in [0.29, 0.717) is 10.6 Å². The smallest absolute Gasteiger partial charge is 0.262 e. The molecule has 2 aromatic rings. The minimum atomic E-state index is -0.491. The van der Waals surface area contributed by atoms with Crippen LogP contribution in [0.3, 0.4) is 0 Å². The highest BCUT2D eigenvalue weighted by Crippen LogP contribution is 2.20. The molecule has 130 valence electrons. The first-order valence-corrected chi connectivity index (χ1v) is 8.36. The first-order chi connectivity index (χ1) is 12.1. The number of methoxy groups -OCH3 is 1. The van der Waals surface area contributed by atoms with Crippen LogP contribution < -0.4 is 15.6 Å². The van der Waals surface area contributed by atoms with Gasteiger partial charge in [-0.15, -0.1) is 11.8 Å². The quantitative estimate of drug-likeness (QED) is 0.472. The van der Waals surface area contributed by atoms with Crippen molar-refractivity contribution in [1.29, 1.82) is 0 Å². The molecule has 0 heterocycles. The lowest BCUT2D eigenvalue weighted by atomic mass is 10.2. The number of rotatable bonds is 6. The van der Waals surface area contributed by atoms with E-state index in [0.717, 1.165) is 17.3 Å². The molecule has 0 radical (unpaired) electrons. The number of hydrazine groups is 1. The topological polar surface area (TPSA) is 67.4 Å². The molecule has 0 aliphatic carbocycles. The van der Waals surface area contributed by atoms with E-state index in [9.17, 15) is 14.0 Å². The van der Waals surface area contributed by atoms with Gasteiger partial charge in [-0.05, 0) is 24.3 Å². The molecule has 7 heteroatoms. The number of benzene rings is 2. The summed E-state index contributed by atoms with van der Waals surface area (Å²) in [7, 11) is 1.54. The molecule has 0 atom stereocenters. The molecule has 0 aliphatic rings. The summed E-state index contributed by atoms with van der Waals surface area (Å²) in [6.07, 6.45) is 2.86. The van der Waals surface area contributed by atoms with Crippen molar-refractivity contribution >= 4 is 29.7 Å². The highest BCUT2D eigenvalue weighted by molar-refractivity contribution is 8.00. The van der Waals surface area contributed by atoms with Gasteiger partial charge in [0.1, 0.15) is 11.6 Å². The van der Waals surface area contributed by atoms with Gasteiger partial charge in [0.2, 0.25) is 5.91 Å². The molecule has 2 amide bonds. The van der Waals surface area contributed by atoms with E-state index in [1.165, 1.54) is 12.1 Å². The van der Waals surface area contributed by atoms with Crippen LogP contribution in [0.4, 0.5) is 4.39 Å². The number of carbonyl (C=O) groups is 2. The second-order valence-corrected chi connectivity index (χ2v) is 5.85. The van der Waals surface area contributed by atoms with Crippen molar-refractivity contribution in [2.24, 2.45) is 0 Å². The second kappa shape index (κ2) is 9.48. The maximum atomic E-state index is 13.4. The number of nitrogens with one attached hydrogen (secondary N) is 2. The highest BCUT2D eigenvalue weighted by Gasteiger charge is 2.07. The summed E-state index contributed by atoms with van der Waals surface area (Å²) in [5.41, 5.74) is 5.28. The maximum Gasteiger partial charge on any atom is 0.262 e. The van der Waals surface area contributed by atoms with Crippen LogP contribution in [0, 0.1) is 5.82 Å². The third-order valence-electron chi connectivity index (χ3n) is 3.07. The van der Waals surface area contributed by atoms with Crippen LogP contribution >= 0.6 is 11.8 Å². The molecule has 0 aromatic heterocycles. The summed E-state index contributed by atoms with van der Waals surface area (Å²) in [6, 6.07) is 13.4. The molecule has 0 aliphatic heterocycles. The Kier molecular flexibility index (Phi) is 7.03. The van der Waals surface area contributed by atoms with E-state index < -0.39 is 11.8 Å². The number of para-hydroxylation sites is 1. The molecule has 0 spiro atoms. The normalized spacial score (nSPS) is 10.5. The Morgan fingerprint density at radius 1 is 1.12 bits per heavy atom. The Bertz CT molecular complexity index is 780. The summed E-state index contributed by atoms with van der Waals surface area (Å²) in [4.78, 5) is 23.8. The maximum absolute atomic E-state index is 13.4. The van der Waals surface area contributed by atoms with Crippen molar-refractivity contribution in [2.45, 2.75) is 4.90 Å². The Morgan fingerprint density at radius 3 is 2.60 bits per heavy atom. The number of halogens is 1. The molecule has 0 bridgehead atoms. The lowest BCUT2D eigenvalue weighted by molar-refractivity contribution is -0.125. The van der Waals surface area contributed by atoms with E-state index >= 15 is 0 Å². The Hall–Kier alpha value is -2.80. The van der Waals surface area contributed by atoms with Gasteiger partial charge in [-0.25, -0.2) is 4.39 Å². The van der Waals surface area contributed by atoms with Gasteiger partial charge in [-0.3, -0.25) is 20.4 Å². The van der Waals surface area contributed by atoms with Gasteiger partial charge in [0, 0.05) is 16.5 Å². The minimum Gasteiger partial charge on any atom is -0.496 e. The molecule has 0 saturated heterocycles. The number of amides is 2. The van der Waals surface area contributed by atoms with Crippen LogP contribution in [0.1, 0.15) is 5.56 Å². The third-order valence-corrected chi connectivity index (χ3v) is 4.12. The Balaban J connectivity index is 1.78.